The molecular formula is C17H18N2O4. The highest BCUT2D eigenvalue weighted by atomic mass is 16.6. The Hall–Kier alpha value is -2.76. The van der Waals surface area contributed by atoms with Gasteiger partial charge in [0.1, 0.15) is 24.7 Å². The quantitative estimate of drug-likeness (QED) is 0.848. The van der Waals surface area contributed by atoms with Crippen molar-refractivity contribution in [1.82, 2.24) is 9.88 Å². The number of hydrogen-bond donors (Lipinski definition) is 0. The number of carbonyl (C=O) groups is 1. The maximum atomic E-state index is 12.8. The Kier molecular flexibility index (Phi) is 4.61. The van der Waals surface area contributed by atoms with E-state index in [4.69, 9.17) is 13.9 Å². The highest BCUT2D eigenvalue weighted by Gasteiger charge is 2.26. The predicted octanol–water partition coefficient (Wildman–Crippen LogP) is 2.48. The van der Waals surface area contributed by atoms with E-state index >= 15 is 0 Å². The Morgan fingerprint density at radius 3 is 2.74 bits per heavy atom. The summed E-state index contributed by atoms with van der Waals surface area (Å²) < 4.78 is 16.3. The van der Waals surface area contributed by atoms with E-state index in [-0.39, 0.29) is 11.7 Å². The van der Waals surface area contributed by atoms with E-state index < -0.39 is 0 Å². The van der Waals surface area contributed by atoms with E-state index in [2.05, 4.69) is 4.98 Å². The number of rotatable bonds is 5. The van der Waals surface area contributed by atoms with Crippen LogP contribution >= 0.6 is 0 Å². The molecule has 0 radical (unpaired) electrons. The summed E-state index contributed by atoms with van der Waals surface area (Å²) >= 11 is 0. The summed E-state index contributed by atoms with van der Waals surface area (Å²) in [5.41, 5.74) is 0.794. The first-order chi connectivity index (χ1) is 11.2. The fourth-order valence-corrected chi connectivity index (χ4v) is 2.34. The van der Waals surface area contributed by atoms with Crippen LogP contribution in [0.15, 0.2) is 58.7 Å². The molecule has 0 saturated carbocycles. The number of nitrogens with zero attached hydrogens (tertiary/aromatic N) is 2. The van der Waals surface area contributed by atoms with E-state index in [1.165, 1.54) is 0 Å². The molecule has 2 aromatic heterocycles. The van der Waals surface area contributed by atoms with Crippen molar-refractivity contribution < 1.29 is 18.7 Å². The van der Waals surface area contributed by atoms with Gasteiger partial charge in [-0.25, -0.2) is 0 Å². The fraction of sp³-hybridized carbons (Fsp3) is 0.294. The molecule has 3 rings (SSSR count). The minimum absolute atomic E-state index is 0.232. The lowest BCUT2D eigenvalue weighted by molar-refractivity contribution is -0.134. The van der Waals surface area contributed by atoms with Gasteiger partial charge in [0.15, 0.2) is 0 Å². The summed E-state index contributed by atoms with van der Waals surface area (Å²) in [5, 5.41) is 0. The van der Waals surface area contributed by atoms with Gasteiger partial charge in [0.2, 0.25) is 5.76 Å². The third-order valence-electron chi connectivity index (χ3n) is 3.46. The number of ether oxygens (including phenoxy) is 2. The van der Waals surface area contributed by atoms with Crippen molar-refractivity contribution in [3.05, 3.63) is 65.8 Å². The van der Waals surface area contributed by atoms with E-state index in [0.29, 0.717) is 37.8 Å². The number of furan rings is 1. The monoisotopic (exact) mass is 314 g/mol. The topological polar surface area (TPSA) is 64.8 Å². The first-order valence-electron chi connectivity index (χ1n) is 7.42. The summed E-state index contributed by atoms with van der Waals surface area (Å²) in [6.07, 6.45) is 3.29. The number of amides is 1. The Bertz CT molecular complexity index is 680. The van der Waals surface area contributed by atoms with Crippen LogP contribution in [0.4, 0.5) is 0 Å². The van der Waals surface area contributed by atoms with E-state index in [1.54, 1.807) is 30.4 Å². The van der Waals surface area contributed by atoms with Gasteiger partial charge in [0.05, 0.1) is 25.0 Å². The van der Waals surface area contributed by atoms with Crippen LogP contribution in [-0.2, 0) is 27.4 Å². The van der Waals surface area contributed by atoms with Gasteiger partial charge < -0.3 is 18.8 Å². The zero-order chi connectivity index (χ0) is 16.1. The average Bonchev–Trinajstić information content (AvgIpc) is 3.08. The molecule has 3 heterocycles. The maximum absolute atomic E-state index is 12.8. The lowest BCUT2D eigenvalue weighted by atomic mass is 10.2. The molecule has 6 nitrogen and oxygen atoms in total. The highest BCUT2D eigenvalue weighted by molar-refractivity contribution is 5.91. The van der Waals surface area contributed by atoms with Crippen LogP contribution in [0.25, 0.3) is 0 Å². The first kappa shape index (κ1) is 15.1. The van der Waals surface area contributed by atoms with Gasteiger partial charge in [0.25, 0.3) is 5.91 Å². The molecular weight excluding hydrogens is 296 g/mol. The van der Waals surface area contributed by atoms with Gasteiger partial charge in [-0.05, 0) is 31.2 Å². The molecule has 0 saturated heterocycles. The van der Waals surface area contributed by atoms with E-state index in [9.17, 15) is 4.79 Å². The number of pyridine rings is 1. The van der Waals surface area contributed by atoms with Crippen LogP contribution in [0, 0.1) is 0 Å². The Morgan fingerprint density at radius 1 is 1.17 bits per heavy atom. The average molecular weight is 314 g/mol. The molecule has 120 valence electrons. The minimum atomic E-state index is -0.232. The van der Waals surface area contributed by atoms with Crippen LogP contribution in [0.1, 0.15) is 18.4 Å². The Balaban J connectivity index is 1.83. The van der Waals surface area contributed by atoms with Crippen molar-refractivity contribution in [2.24, 2.45) is 0 Å². The molecule has 0 N–H and O–H groups in total. The maximum Gasteiger partial charge on any atom is 0.293 e. The number of aromatic nitrogens is 1. The van der Waals surface area contributed by atoms with Crippen LogP contribution < -0.4 is 0 Å². The molecule has 1 aliphatic heterocycles. The smallest absolute Gasteiger partial charge is 0.293 e. The van der Waals surface area contributed by atoms with E-state index in [1.807, 2.05) is 24.3 Å². The number of carbonyl (C=O) groups excluding carboxylic acids is 1. The van der Waals surface area contributed by atoms with Crippen LogP contribution in [0.2, 0.25) is 0 Å². The molecule has 2 aromatic rings. The van der Waals surface area contributed by atoms with Crippen molar-refractivity contribution in [3.63, 3.8) is 0 Å². The van der Waals surface area contributed by atoms with Gasteiger partial charge >= 0.3 is 0 Å². The first-order valence-corrected chi connectivity index (χ1v) is 7.42. The third kappa shape index (κ3) is 3.71. The molecule has 1 aliphatic rings. The molecule has 0 spiro atoms. The molecule has 0 fully saturated rings. The summed E-state index contributed by atoms with van der Waals surface area (Å²) in [7, 11) is 0. The minimum Gasteiger partial charge on any atom is -0.491 e. The SMILES string of the molecule is CC1=C(C(=O)N(Cc2ccccn2)Cc2ccco2)OCCO1. The standard InChI is InChI=1S/C17H18N2O4/c1-13-16(23-10-9-21-13)17(20)19(12-15-6-4-8-22-15)11-14-5-2-3-7-18-14/h2-8H,9-12H2,1H3. The van der Waals surface area contributed by atoms with Crippen molar-refractivity contribution in [2.45, 2.75) is 20.0 Å². The van der Waals surface area contributed by atoms with Gasteiger partial charge in [-0.2, -0.15) is 0 Å². The van der Waals surface area contributed by atoms with Crippen LogP contribution in [0.5, 0.6) is 0 Å². The van der Waals surface area contributed by atoms with Crippen LogP contribution in [-0.4, -0.2) is 29.0 Å². The zero-order valence-corrected chi connectivity index (χ0v) is 12.9. The van der Waals surface area contributed by atoms with Crippen molar-refractivity contribution in [2.75, 3.05) is 13.2 Å². The van der Waals surface area contributed by atoms with Crippen LogP contribution in [0.3, 0.4) is 0 Å². The van der Waals surface area contributed by atoms with Crippen molar-refractivity contribution in [1.29, 1.82) is 0 Å². The van der Waals surface area contributed by atoms with E-state index in [0.717, 1.165) is 5.69 Å². The normalized spacial score (nSPS) is 14.1. The lowest BCUT2D eigenvalue weighted by Gasteiger charge is -2.26. The molecule has 23 heavy (non-hydrogen) atoms. The largest absolute Gasteiger partial charge is 0.491 e. The predicted molar refractivity (Wildman–Crippen MR) is 81.8 cm³/mol. The zero-order valence-electron chi connectivity index (χ0n) is 12.9. The molecule has 0 aliphatic carbocycles. The Labute approximate surface area is 134 Å². The molecule has 6 heteroatoms. The van der Waals surface area contributed by atoms with Gasteiger partial charge in [-0.15, -0.1) is 0 Å². The van der Waals surface area contributed by atoms with Crippen molar-refractivity contribution >= 4 is 5.91 Å². The fourth-order valence-electron chi connectivity index (χ4n) is 2.34. The summed E-state index contributed by atoms with van der Waals surface area (Å²) in [6, 6.07) is 9.24. The molecule has 0 unspecified atom stereocenters. The number of hydrogen-bond acceptors (Lipinski definition) is 5. The molecule has 1 amide bonds. The summed E-state index contributed by atoms with van der Waals surface area (Å²) in [4.78, 5) is 18.7. The van der Waals surface area contributed by atoms with Crippen molar-refractivity contribution in [3.8, 4) is 0 Å². The Morgan fingerprint density at radius 2 is 2.04 bits per heavy atom. The van der Waals surface area contributed by atoms with Gasteiger partial charge in [-0.3, -0.25) is 9.78 Å². The number of allylic oxidation sites excluding steroid dienone is 1. The summed E-state index contributed by atoms with van der Waals surface area (Å²) in [6.45, 7) is 3.26. The second-order valence-corrected chi connectivity index (χ2v) is 5.14. The second-order valence-electron chi connectivity index (χ2n) is 5.14. The second kappa shape index (κ2) is 7.00. The molecule has 0 aromatic carbocycles. The van der Waals surface area contributed by atoms with Gasteiger partial charge in [0, 0.05) is 6.20 Å². The van der Waals surface area contributed by atoms with Gasteiger partial charge in [-0.1, -0.05) is 6.07 Å². The molecule has 0 atom stereocenters. The highest BCUT2D eigenvalue weighted by Crippen LogP contribution is 2.19. The summed E-state index contributed by atoms with van der Waals surface area (Å²) in [5.74, 6) is 1.22. The third-order valence-corrected chi connectivity index (χ3v) is 3.46. The lowest BCUT2D eigenvalue weighted by Crippen LogP contribution is -2.34. The molecule has 0 bridgehead atoms.